The molecule has 0 aliphatic carbocycles. The van der Waals surface area contributed by atoms with Gasteiger partial charge in [-0.05, 0) is 49.7 Å². The number of ether oxygens (including phenoxy) is 1. The van der Waals surface area contributed by atoms with Crippen molar-refractivity contribution in [2.75, 3.05) is 29.4 Å². The van der Waals surface area contributed by atoms with Gasteiger partial charge in [0.25, 0.3) is 5.91 Å². The monoisotopic (exact) mass is 627 g/mol. The molecule has 0 radical (unpaired) electrons. The molecule has 4 aromatic rings. The fourth-order valence-corrected chi connectivity index (χ4v) is 5.17. The number of amides is 1. The van der Waals surface area contributed by atoms with Crippen molar-refractivity contribution in [3.8, 4) is 5.75 Å². The van der Waals surface area contributed by atoms with Crippen LogP contribution < -0.4 is 19.9 Å². The topological polar surface area (TPSA) is 62.1 Å². The van der Waals surface area contributed by atoms with Crippen molar-refractivity contribution in [1.82, 2.24) is 14.7 Å². The summed E-state index contributed by atoms with van der Waals surface area (Å²) >= 11 is 0. The van der Waals surface area contributed by atoms with Gasteiger partial charge >= 0.3 is 6.36 Å². The van der Waals surface area contributed by atoms with E-state index in [-0.39, 0.29) is 53.3 Å². The van der Waals surface area contributed by atoms with Crippen molar-refractivity contribution in [3.05, 3.63) is 89.1 Å². The number of piperazine rings is 1. The van der Waals surface area contributed by atoms with Crippen LogP contribution in [0, 0.1) is 17.5 Å². The van der Waals surface area contributed by atoms with E-state index in [1.807, 2.05) is 11.8 Å². The van der Waals surface area contributed by atoms with Gasteiger partial charge in [-0.2, -0.15) is 0 Å². The predicted octanol–water partition coefficient (Wildman–Crippen LogP) is 6.28. The van der Waals surface area contributed by atoms with E-state index < -0.39 is 29.7 Å². The standard InChI is InChI=1S/C29H27F6N5O2.ClH/c1-3-22-27(40-11-10-19(30)14-24(40)37-22)28(41)36-15-18-4-9-23(26(32)25(18)31)38-12-13-39(17(2)16-38)20-5-7-21(8-6-20)42-29(33,34)35;/h4-11,14,17H,3,12-13,15-16H2,1-2H3,(H,36,41);1H/t17-;/m0./s1. The van der Waals surface area contributed by atoms with Crippen LogP contribution >= 0.6 is 12.4 Å². The first-order chi connectivity index (χ1) is 19.9. The summed E-state index contributed by atoms with van der Waals surface area (Å²) in [4.78, 5) is 20.9. The highest BCUT2D eigenvalue weighted by Gasteiger charge is 2.32. The Balaban J connectivity index is 0.00000423. The third-order valence-corrected chi connectivity index (χ3v) is 7.16. The number of halogens is 7. The Hall–Kier alpha value is -4.13. The third-order valence-electron chi connectivity index (χ3n) is 7.16. The highest BCUT2D eigenvalue weighted by Crippen LogP contribution is 2.30. The highest BCUT2D eigenvalue weighted by molar-refractivity contribution is 5.94. The molecule has 0 saturated carbocycles. The lowest BCUT2D eigenvalue weighted by Gasteiger charge is -2.42. The summed E-state index contributed by atoms with van der Waals surface area (Å²) in [6.07, 6.45) is -2.98. The van der Waals surface area contributed by atoms with Crippen LogP contribution in [0.15, 0.2) is 54.7 Å². The van der Waals surface area contributed by atoms with E-state index >= 15 is 8.78 Å². The first-order valence-electron chi connectivity index (χ1n) is 13.2. The van der Waals surface area contributed by atoms with E-state index in [0.717, 1.165) is 0 Å². The Morgan fingerprint density at radius 2 is 1.77 bits per heavy atom. The molecule has 0 spiro atoms. The van der Waals surface area contributed by atoms with Crippen molar-refractivity contribution >= 4 is 35.3 Å². The summed E-state index contributed by atoms with van der Waals surface area (Å²) in [6.45, 7) is 4.49. The molecule has 230 valence electrons. The average Bonchev–Trinajstić information content (AvgIpc) is 3.31. The number of nitrogens with one attached hydrogen (secondary N) is 1. The lowest BCUT2D eigenvalue weighted by Crippen LogP contribution is -2.52. The molecule has 43 heavy (non-hydrogen) atoms. The van der Waals surface area contributed by atoms with Gasteiger partial charge in [-0.25, -0.2) is 18.2 Å². The van der Waals surface area contributed by atoms with Gasteiger partial charge < -0.3 is 19.9 Å². The van der Waals surface area contributed by atoms with E-state index in [4.69, 9.17) is 0 Å². The minimum absolute atomic E-state index is 0. The zero-order chi connectivity index (χ0) is 30.2. The summed E-state index contributed by atoms with van der Waals surface area (Å²) in [5.41, 5.74) is 1.60. The Morgan fingerprint density at radius 3 is 2.42 bits per heavy atom. The molecule has 3 heterocycles. The van der Waals surface area contributed by atoms with Gasteiger partial charge in [0.1, 0.15) is 22.9 Å². The van der Waals surface area contributed by atoms with Crippen LogP contribution in [0.4, 0.5) is 37.7 Å². The van der Waals surface area contributed by atoms with Crippen LogP contribution in [0.1, 0.15) is 35.6 Å². The fraction of sp³-hybridized carbons (Fsp3) is 0.310. The fourth-order valence-electron chi connectivity index (χ4n) is 5.17. The molecular formula is C29H28ClF6N5O2. The van der Waals surface area contributed by atoms with Crippen LogP contribution in [0.2, 0.25) is 0 Å². The summed E-state index contributed by atoms with van der Waals surface area (Å²) in [5.74, 6) is -3.51. The number of fused-ring (bicyclic) bond motifs is 1. The van der Waals surface area contributed by atoms with Crippen molar-refractivity contribution in [2.24, 2.45) is 0 Å². The minimum atomic E-state index is -4.78. The zero-order valence-corrected chi connectivity index (χ0v) is 23.9. The van der Waals surface area contributed by atoms with Crippen molar-refractivity contribution in [2.45, 2.75) is 39.2 Å². The number of alkyl halides is 3. The van der Waals surface area contributed by atoms with Gasteiger partial charge in [0.2, 0.25) is 0 Å². The number of hydrogen-bond acceptors (Lipinski definition) is 5. The van der Waals surface area contributed by atoms with Crippen LogP contribution in [0.5, 0.6) is 5.75 Å². The third kappa shape index (κ3) is 6.76. The van der Waals surface area contributed by atoms with E-state index in [1.165, 1.54) is 59.1 Å². The second-order valence-corrected chi connectivity index (χ2v) is 9.92. The second-order valence-electron chi connectivity index (χ2n) is 9.92. The maximum absolute atomic E-state index is 15.2. The predicted molar refractivity (Wildman–Crippen MR) is 151 cm³/mol. The molecule has 7 nitrogen and oxygen atoms in total. The summed E-state index contributed by atoms with van der Waals surface area (Å²) in [5, 5.41) is 2.61. The molecule has 1 atom stereocenters. The van der Waals surface area contributed by atoms with Gasteiger partial charge in [-0.15, -0.1) is 25.6 Å². The van der Waals surface area contributed by atoms with E-state index in [2.05, 4.69) is 15.0 Å². The summed E-state index contributed by atoms with van der Waals surface area (Å²) < 4.78 is 86.7. The molecule has 0 bridgehead atoms. The summed E-state index contributed by atoms with van der Waals surface area (Å²) in [6, 6.07) is 10.6. The average molecular weight is 628 g/mol. The van der Waals surface area contributed by atoms with E-state index in [1.54, 1.807) is 11.8 Å². The summed E-state index contributed by atoms with van der Waals surface area (Å²) in [7, 11) is 0. The smallest absolute Gasteiger partial charge is 0.406 e. The molecule has 1 amide bonds. The van der Waals surface area contributed by atoms with Crippen LogP contribution in [-0.4, -0.2) is 47.3 Å². The maximum atomic E-state index is 15.2. The van der Waals surface area contributed by atoms with Gasteiger partial charge in [-0.1, -0.05) is 13.0 Å². The van der Waals surface area contributed by atoms with Crippen LogP contribution in [-0.2, 0) is 13.0 Å². The van der Waals surface area contributed by atoms with Gasteiger partial charge in [-0.3, -0.25) is 9.20 Å². The first-order valence-corrected chi connectivity index (χ1v) is 13.2. The number of benzene rings is 2. The Bertz CT molecular complexity index is 1610. The number of carbonyl (C=O) groups is 1. The van der Waals surface area contributed by atoms with Crippen LogP contribution in [0.3, 0.4) is 0 Å². The molecule has 2 aromatic heterocycles. The Labute approximate surface area is 249 Å². The SMILES string of the molecule is CCc1nc2cc(F)ccn2c1C(=O)NCc1ccc(N2CCN(c3ccc(OC(F)(F)F)cc3)[C@@H](C)C2)c(F)c1F.Cl. The molecule has 5 rings (SSSR count). The maximum Gasteiger partial charge on any atom is 0.573 e. The molecule has 1 aliphatic rings. The molecule has 1 aliphatic heterocycles. The van der Waals surface area contributed by atoms with Crippen molar-refractivity contribution < 1.29 is 35.9 Å². The highest BCUT2D eigenvalue weighted by atomic mass is 35.5. The van der Waals surface area contributed by atoms with Crippen molar-refractivity contribution in [3.63, 3.8) is 0 Å². The molecule has 1 saturated heterocycles. The number of carbonyl (C=O) groups excluding carboxylic acids is 1. The number of aryl methyl sites for hydroxylation is 1. The number of nitrogens with zero attached hydrogens (tertiary/aromatic N) is 4. The molecule has 1 N–H and O–H groups in total. The van der Waals surface area contributed by atoms with Crippen LogP contribution in [0.25, 0.3) is 5.65 Å². The number of rotatable bonds is 7. The minimum Gasteiger partial charge on any atom is -0.406 e. The first kappa shape index (κ1) is 31.8. The van der Waals surface area contributed by atoms with Gasteiger partial charge in [0, 0.05) is 55.7 Å². The van der Waals surface area contributed by atoms with E-state index in [0.29, 0.717) is 37.4 Å². The molecule has 2 aromatic carbocycles. The zero-order valence-electron chi connectivity index (χ0n) is 23.1. The molecular weight excluding hydrogens is 600 g/mol. The number of imidazole rings is 1. The Morgan fingerprint density at radius 1 is 1.05 bits per heavy atom. The number of anilines is 2. The normalized spacial score (nSPS) is 15.4. The lowest BCUT2D eigenvalue weighted by atomic mass is 10.1. The van der Waals surface area contributed by atoms with Gasteiger partial charge in [0.15, 0.2) is 11.6 Å². The Kier molecular flexibility index (Phi) is 9.33. The number of aromatic nitrogens is 2. The molecule has 14 heteroatoms. The van der Waals surface area contributed by atoms with E-state index in [9.17, 15) is 22.4 Å². The second kappa shape index (κ2) is 12.6. The van der Waals surface area contributed by atoms with Crippen molar-refractivity contribution in [1.29, 1.82) is 0 Å². The largest absolute Gasteiger partial charge is 0.573 e. The van der Waals surface area contributed by atoms with Gasteiger partial charge in [0.05, 0.1) is 11.4 Å². The quantitative estimate of drug-likeness (QED) is 0.245. The lowest BCUT2D eigenvalue weighted by molar-refractivity contribution is -0.274. The number of hydrogen-bond donors (Lipinski definition) is 1. The molecule has 1 fully saturated rings. The molecule has 0 unspecified atom stereocenters. The number of pyridine rings is 1.